The maximum absolute atomic E-state index is 6.91. The Morgan fingerprint density at radius 2 is 1.89 bits per heavy atom. The molecule has 0 aliphatic rings. The standard InChI is InChI=1S/C6H6O.HN.Y/c7-6-4-2-1-3-5-6;;/h1-5,7H;1H;/q;;+1/p-1. The molecule has 1 N–H and O–H groups in total. The second-order valence-electron chi connectivity index (χ2n) is 1.55. The molecule has 1 aromatic carbocycles. The van der Waals surface area contributed by atoms with Crippen molar-refractivity contribution in [2.45, 2.75) is 0 Å². The van der Waals surface area contributed by atoms with E-state index >= 15 is 0 Å². The van der Waals surface area contributed by atoms with Gasteiger partial charge in [-0.2, -0.15) is 0 Å². The van der Waals surface area contributed by atoms with Gasteiger partial charge >= 0.3 is 70.2 Å². The van der Waals surface area contributed by atoms with Crippen molar-refractivity contribution in [3.05, 3.63) is 30.3 Å². The van der Waals surface area contributed by atoms with Crippen molar-refractivity contribution < 1.29 is 31.6 Å². The van der Waals surface area contributed by atoms with Crippen molar-refractivity contribution in [1.29, 1.82) is 2.47 Å². The van der Waals surface area contributed by atoms with Gasteiger partial charge in [-0.15, -0.1) is 0 Å². The van der Waals surface area contributed by atoms with E-state index in [-0.39, 0.29) is 0 Å². The SMILES string of the molecule is [NH]=[Y][O]c1ccccc1. The Labute approximate surface area is 69.9 Å². The maximum atomic E-state index is 6.91. The Morgan fingerprint density at radius 3 is 2.44 bits per heavy atom. The third-order valence-corrected chi connectivity index (χ3v) is 1.90. The van der Waals surface area contributed by atoms with E-state index in [9.17, 15) is 0 Å². The second kappa shape index (κ2) is 3.86. The van der Waals surface area contributed by atoms with Crippen molar-refractivity contribution in [3.63, 3.8) is 0 Å². The van der Waals surface area contributed by atoms with Crippen LogP contribution in [0.1, 0.15) is 0 Å². The molecule has 0 atom stereocenters. The molecule has 0 saturated carbocycles. The van der Waals surface area contributed by atoms with Crippen LogP contribution in [0.3, 0.4) is 0 Å². The number of para-hydroxylation sites is 1. The van der Waals surface area contributed by atoms with Crippen molar-refractivity contribution in [1.82, 2.24) is 0 Å². The number of benzene rings is 1. The number of nitrogens with one attached hydrogen (secondary N) is 1. The molecular weight excluding hydrogens is 191 g/mol. The van der Waals surface area contributed by atoms with E-state index in [0.717, 1.165) is 5.75 Å². The van der Waals surface area contributed by atoms with E-state index < -0.39 is 29.6 Å². The summed E-state index contributed by atoms with van der Waals surface area (Å²) in [7, 11) is 0. The fourth-order valence-electron chi connectivity index (χ4n) is 0.567. The summed E-state index contributed by atoms with van der Waals surface area (Å²) in [6, 6.07) is 9.51. The molecule has 0 amide bonds. The van der Waals surface area contributed by atoms with E-state index in [1.54, 1.807) is 0 Å². The fraction of sp³-hybridized carbons (Fsp3) is 0. The van der Waals surface area contributed by atoms with Gasteiger partial charge in [0.05, 0.1) is 0 Å². The molecule has 0 aromatic heterocycles. The minimum absolute atomic E-state index is 0.841. The Hall–Kier alpha value is -0.0761. The third kappa shape index (κ3) is 2.33. The summed E-state index contributed by atoms with van der Waals surface area (Å²) in [4.78, 5) is 0. The molecule has 0 bridgehead atoms. The Bertz CT molecular complexity index is 188. The first kappa shape index (κ1) is 7.04. The number of hydrogen-bond donors (Lipinski definition) is 1. The van der Waals surface area contributed by atoms with Crippen LogP contribution in [0.15, 0.2) is 30.3 Å². The second-order valence-corrected chi connectivity index (χ2v) is 2.71. The summed E-state index contributed by atoms with van der Waals surface area (Å²) in [6.45, 7) is 0. The van der Waals surface area contributed by atoms with Gasteiger partial charge in [0.1, 0.15) is 0 Å². The molecule has 0 fully saturated rings. The zero-order valence-electron chi connectivity index (χ0n) is 4.87. The topological polar surface area (TPSA) is 33.1 Å². The van der Waals surface area contributed by atoms with Crippen LogP contribution in [-0.2, 0) is 29.6 Å². The molecule has 1 aromatic rings. The minimum atomic E-state index is -1.41. The Balaban J connectivity index is 2.72. The molecule has 0 radical (unpaired) electrons. The van der Waals surface area contributed by atoms with Crippen molar-refractivity contribution in [2.24, 2.45) is 0 Å². The van der Waals surface area contributed by atoms with Gasteiger partial charge in [0.25, 0.3) is 0 Å². The summed E-state index contributed by atoms with van der Waals surface area (Å²) in [5.74, 6) is 0.841. The van der Waals surface area contributed by atoms with Crippen molar-refractivity contribution in [2.75, 3.05) is 0 Å². The number of hydrogen-bond acceptors (Lipinski definition) is 2. The molecule has 44 valence electrons. The summed E-state index contributed by atoms with van der Waals surface area (Å²) in [6.07, 6.45) is 0. The predicted octanol–water partition coefficient (Wildman–Crippen LogP) is 1.83. The van der Waals surface area contributed by atoms with Crippen LogP contribution in [0.4, 0.5) is 0 Å². The molecule has 0 aliphatic heterocycles. The van der Waals surface area contributed by atoms with Gasteiger partial charge < -0.3 is 0 Å². The van der Waals surface area contributed by atoms with E-state index in [0.29, 0.717) is 0 Å². The van der Waals surface area contributed by atoms with Crippen LogP contribution in [0.5, 0.6) is 5.75 Å². The van der Waals surface area contributed by atoms with Crippen LogP contribution in [-0.4, -0.2) is 0 Å². The average molecular weight is 197 g/mol. The Morgan fingerprint density at radius 1 is 1.22 bits per heavy atom. The summed E-state index contributed by atoms with van der Waals surface area (Å²) < 4.78 is 12.0. The first-order chi connectivity index (χ1) is 4.43. The summed E-state index contributed by atoms with van der Waals surface area (Å²) >= 11 is -1.41. The first-order valence-corrected chi connectivity index (χ1v) is 5.22. The van der Waals surface area contributed by atoms with Crippen LogP contribution in [0.2, 0.25) is 0 Å². The molecule has 0 aliphatic carbocycles. The molecule has 0 saturated heterocycles. The molecule has 0 spiro atoms. The van der Waals surface area contributed by atoms with Gasteiger partial charge in [-0.1, -0.05) is 0 Å². The van der Waals surface area contributed by atoms with Gasteiger partial charge in [-0.3, -0.25) is 0 Å². The van der Waals surface area contributed by atoms with Crippen LogP contribution >= 0.6 is 0 Å². The van der Waals surface area contributed by atoms with E-state index in [2.05, 4.69) is 0 Å². The van der Waals surface area contributed by atoms with Crippen molar-refractivity contribution in [3.8, 4) is 5.75 Å². The average Bonchev–Trinajstić information content (AvgIpc) is 1.91. The van der Waals surface area contributed by atoms with Crippen molar-refractivity contribution >= 4 is 0 Å². The monoisotopic (exact) mass is 197 g/mol. The fourth-order valence-corrected chi connectivity index (χ4v) is 1.29. The molecule has 1 rings (SSSR count). The van der Waals surface area contributed by atoms with Gasteiger partial charge in [0.2, 0.25) is 0 Å². The van der Waals surface area contributed by atoms with Crippen LogP contribution in [0.25, 0.3) is 0 Å². The van der Waals surface area contributed by atoms with Gasteiger partial charge in [0, 0.05) is 0 Å². The van der Waals surface area contributed by atoms with E-state index in [1.807, 2.05) is 30.3 Å². The predicted molar refractivity (Wildman–Crippen MR) is 29.8 cm³/mol. The molecular formula is C6H6NOY. The molecule has 3 heteroatoms. The third-order valence-electron chi connectivity index (χ3n) is 0.938. The molecule has 0 unspecified atom stereocenters. The quantitative estimate of drug-likeness (QED) is 0.770. The van der Waals surface area contributed by atoms with Crippen LogP contribution < -0.4 is 2.05 Å². The first-order valence-electron chi connectivity index (χ1n) is 2.64. The van der Waals surface area contributed by atoms with Crippen LogP contribution in [0, 0.1) is 2.47 Å². The van der Waals surface area contributed by atoms with Gasteiger partial charge in [-0.05, 0) is 0 Å². The van der Waals surface area contributed by atoms with Gasteiger partial charge in [-0.25, -0.2) is 0 Å². The molecule has 9 heavy (non-hydrogen) atoms. The molecule has 2 nitrogen and oxygen atoms in total. The molecule has 0 heterocycles. The van der Waals surface area contributed by atoms with E-state index in [1.165, 1.54) is 0 Å². The summed E-state index contributed by atoms with van der Waals surface area (Å²) in [5, 5.41) is 0. The zero-order valence-corrected chi connectivity index (χ0v) is 7.71. The summed E-state index contributed by atoms with van der Waals surface area (Å²) in [5.41, 5.74) is 0. The zero-order chi connectivity index (χ0) is 6.53. The Kier molecular flexibility index (Phi) is 3.02. The van der Waals surface area contributed by atoms with Gasteiger partial charge in [0.15, 0.2) is 0 Å². The van der Waals surface area contributed by atoms with E-state index in [4.69, 9.17) is 4.52 Å². The normalized spacial score (nSPS) is 8.00. The number of rotatable bonds is 2.